The lowest BCUT2D eigenvalue weighted by molar-refractivity contribution is -0.144. The second-order valence-electron chi connectivity index (χ2n) is 3.88. The van der Waals surface area contributed by atoms with Crippen LogP contribution in [0, 0.1) is 5.92 Å². The number of halogens is 1. The van der Waals surface area contributed by atoms with Crippen molar-refractivity contribution in [3.8, 4) is 0 Å². The standard InChI is InChI=1S/C11H16BrNO2S/c1-7(2)10(11(14)15-3)13-5-8-4-9(12)16-6-8/h4,6-7,10,13H,5H2,1-3H3. The third kappa shape index (κ3) is 3.88. The number of thiophene rings is 1. The van der Waals surface area contributed by atoms with Crippen molar-refractivity contribution in [2.24, 2.45) is 5.92 Å². The molecule has 0 fully saturated rings. The molecule has 90 valence electrons. The molecule has 0 aromatic carbocycles. The molecule has 0 spiro atoms. The zero-order valence-corrected chi connectivity index (χ0v) is 12.0. The van der Waals surface area contributed by atoms with Gasteiger partial charge in [-0.05, 0) is 38.9 Å². The van der Waals surface area contributed by atoms with Gasteiger partial charge in [0.25, 0.3) is 0 Å². The fourth-order valence-electron chi connectivity index (χ4n) is 1.38. The molecule has 1 unspecified atom stereocenters. The van der Waals surface area contributed by atoms with E-state index in [0.717, 1.165) is 3.79 Å². The minimum absolute atomic E-state index is 0.204. The van der Waals surface area contributed by atoms with Crippen LogP contribution in [0.5, 0.6) is 0 Å². The molecule has 0 aliphatic rings. The van der Waals surface area contributed by atoms with Crippen molar-refractivity contribution in [1.82, 2.24) is 5.32 Å². The molecule has 1 aromatic rings. The van der Waals surface area contributed by atoms with Crippen LogP contribution >= 0.6 is 27.3 Å². The fourth-order valence-corrected chi connectivity index (χ4v) is 2.59. The van der Waals surface area contributed by atoms with Crippen molar-refractivity contribution < 1.29 is 9.53 Å². The second kappa shape index (κ2) is 6.37. The maximum absolute atomic E-state index is 11.5. The van der Waals surface area contributed by atoms with Gasteiger partial charge in [0.1, 0.15) is 6.04 Å². The van der Waals surface area contributed by atoms with Crippen LogP contribution in [0.25, 0.3) is 0 Å². The Kier molecular flexibility index (Phi) is 5.44. The van der Waals surface area contributed by atoms with Gasteiger partial charge in [-0.25, -0.2) is 0 Å². The molecule has 0 radical (unpaired) electrons. The summed E-state index contributed by atoms with van der Waals surface area (Å²) in [5.74, 6) is 0.0128. The molecule has 0 bridgehead atoms. The molecule has 1 heterocycles. The zero-order chi connectivity index (χ0) is 12.1. The molecule has 1 aromatic heterocycles. The molecule has 5 heteroatoms. The summed E-state index contributed by atoms with van der Waals surface area (Å²) in [6, 6.07) is 1.80. The van der Waals surface area contributed by atoms with E-state index in [1.807, 2.05) is 19.9 Å². The van der Waals surface area contributed by atoms with Crippen LogP contribution in [0.4, 0.5) is 0 Å². The number of rotatable bonds is 5. The van der Waals surface area contributed by atoms with Gasteiger partial charge in [0.15, 0.2) is 0 Å². The molecule has 0 saturated carbocycles. The third-order valence-corrected chi connectivity index (χ3v) is 3.82. The highest BCUT2D eigenvalue weighted by Crippen LogP contribution is 2.20. The number of hydrogen-bond donors (Lipinski definition) is 1. The van der Waals surface area contributed by atoms with E-state index in [2.05, 4.69) is 26.6 Å². The van der Waals surface area contributed by atoms with Crippen LogP contribution < -0.4 is 5.32 Å². The summed E-state index contributed by atoms with van der Waals surface area (Å²) in [7, 11) is 1.42. The topological polar surface area (TPSA) is 38.3 Å². The van der Waals surface area contributed by atoms with Crippen LogP contribution in [0.1, 0.15) is 19.4 Å². The Labute approximate surface area is 108 Å². The molecule has 1 atom stereocenters. The highest BCUT2D eigenvalue weighted by atomic mass is 79.9. The Morgan fingerprint density at radius 3 is 2.75 bits per heavy atom. The van der Waals surface area contributed by atoms with Crippen molar-refractivity contribution in [3.05, 3.63) is 20.8 Å². The van der Waals surface area contributed by atoms with E-state index >= 15 is 0 Å². The summed E-state index contributed by atoms with van der Waals surface area (Å²) in [6.07, 6.45) is 0. The molecule has 0 saturated heterocycles. The van der Waals surface area contributed by atoms with Crippen LogP contribution in [0.2, 0.25) is 0 Å². The normalized spacial score (nSPS) is 12.8. The third-order valence-electron chi connectivity index (χ3n) is 2.27. The lowest BCUT2D eigenvalue weighted by Crippen LogP contribution is -2.41. The van der Waals surface area contributed by atoms with Gasteiger partial charge >= 0.3 is 5.97 Å². The van der Waals surface area contributed by atoms with Gasteiger partial charge in [0, 0.05) is 6.54 Å². The Morgan fingerprint density at radius 1 is 1.62 bits per heavy atom. The van der Waals surface area contributed by atoms with Gasteiger partial charge in [0.05, 0.1) is 10.9 Å². The molecule has 1 N–H and O–H groups in total. The second-order valence-corrected chi connectivity index (χ2v) is 6.18. The van der Waals surface area contributed by atoms with Crippen molar-refractivity contribution in [2.75, 3.05) is 7.11 Å². The first-order chi connectivity index (χ1) is 7.54. The van der Waals surface area contributed by atoms with E-state index in [9.17, 15) is 4.79 Å². The average molecular weight is 306 g/mol. The van der Waals surface area contributed by atoms with E-state index in [0.29, 0.717) is 6.54 Å². The zero-order valence-electron chi connectivity index (χ0n) is 9.62. The largest absolute Gasteiger partial charge is 0.468 e. The van der Waals surface area contributed by atoms with Gasteiger partial charge in [-0.2, -0.15) is 0 Å². The summed E-state index contributed by atoms with van der Waals surface area (Å²) in [5.41, 5.74) is 1.17. The number of hydrogen-bond acceptors (Lipinski definition) is 4. The van der Waals surface area contributed by atoms with Crippen molar-refractivity contribution in [1.29, 1.82) is 0 Å². The fraction of sp³-hybridized carbons (Fsp3) is 0.545. The predicted molar refractivity (Wildman–Crippen MR) is 69.5 cm³/mol. The SMILES string of the molecule is COC(=O)C(NCc1csc(Br)c1)C(C)C. The maximum atomic E-state index is 11.5. The Bertz CT molecular complexity index is 352. The maximum Gasteiger partial charge on any atom is 0.323 e. The monoisotopic (exact) mass is 305 g/mol. The molecule has 16 heavy (non-hydrogen) atoms. The van der Waals surface area contributed by atoms with Gasteiger partial charge in [-0.1, -0.05) is 13.8 Å². The smallest absolute Gasteiger partial charge is 0.323 e. The summed E-state index contributed by atoms with van der Waals surface area (Å²) in [4.78, 5) is 11.5. The van der Waals surface area contributed by atoms with E-state index in [-0.39, 0.29) is 17.9 Å². The van der Waals surface area contributed by atoms with E-state index < -0.39 is 0 Å². The van der Waals surface area contributed by atoms with E-state index in [1.165, 1.54) is 12.7 Å². The molecule has 0 aliphatic heterocycles. The van der Waals surface area contributed by atoms with Crippen molar-refractivity contribution in [3.63, 3.8) is 0 Å². The Balaban J connectivity index is 2.53. The highest BCUT2D eigenvalue weighted by molar-refractivity contribution is 9.11. The van der Waals surface area contributed by atoms with Crippen molar-refractivity contribution >= 4 is 33.2 Å². The number of esters is 1. The molecule has 0 amide bonds. The lowest BCUT2D eigenvalue weighted by atomic mass is 10.0. The van der Waals surface area contributed by atoms with Gasteiger partial charge < -0.3 is 10.1 Å². The highest BCUT2D eigenvalue weighted by Gasteiger charge is 2.22. The first-order valence-corrected chi connectivity index (χ1v) is 6.76. The first kappa shape index (κ1) is 13.7. The molecule has 3 nitrogen and oxygen atoms in total. The van der Waals surface area contributed by atoms with E-state index in [1.54, 1.807) is 11.3 Å². The number of carbonyl (C=O) groups is 1. The van der Waals surface area contributed by atoms with Crippen LogP contribution in [-0.2, 0) is 16.1 Å². The van der Waals surface area contributed by atoms with Gasteiger partial charge in [-0.15, -0.1) is 11.3 Å². The van der Waals surface area contributed by atoms with Crippen LogP contribution in [0.3, 0.4) is 0 Å². The van der Waals surface area contributed by atoms with Gasteiger partial charge in [-0.3, -0.25) is 4.79 Å². The summed E-state index contributed by atoms with van der Waals surface area (Å²) in [5, 5.41) is 5.27. The van der Waals surface area contributed by atoms with Gasteiger partial charge in [0.2, 0.25) is 0 Å². The van der Waals surface area contributed by atoms with E-state index in [4.69, 9.17) is 4.74 Å². The minimum Gasteiger partial charge on any atom is -0.468 e. The molecule has 0 aliphatic carbocycles. The number of methoxy groups -OCH3 is 1. The Hall–Kier alpha value is -0.390. The summed E-state index contributed by atoms with van der Waals surface area (Å²) < 4.78 is 5.86. The number of ether oxygens (including phenoxy) is 1. The summed E-state index contributed by atoms with van der Waals surface area (Å²) in [6.45, 7) is 4.68. The predicted octanol–water partition coefficient (Wildman–Crippen LogP) is 2.80. The van der Waals surface area contributed by atoms with Crippen LogP contribution in [-0.4, -0.2) is 19.1 Å². The van der Waals surface area contributed by atoms with Crippen molar-refractivity contribution in [2.45, 2.75) is 26.4 Å². The quantitative estimate of drug-likeness (QED) is 0.850. The number of carbonyl (C=O) groups excluding carboxylic acids is 1. The lowest BCUT2D eigenvalue weighted by Gasteiger charge is -2.19. The molecule has 1 rings (SSSR count). The Morgan fingerprint density at radius 2 is 2.31 bits per heavy atom. The summed E-state index contributed by atoms with van der Waals surface area (Å²) >= 11 is 5.05. The first-order valence-electron chi connectivity index (χ1n) is 5.08. The molecular formula is C11H16BrNO2S. The minimum atomic E-state index is -0.247. The van der Waals surface area contributed by atoms with Crippen LogP contribution in [0.15, 0.2) is 15.2 Å². The number of nitrogens with one attached hydrogen (secondary N) is 1. The molecular weight excluding hydrogens is 290 g/mol. The average Bonchev–Trinajstić information content (AvgIpc) is 2.63.